The highest BCUT2D eigenvalue weighted by Crippen LogP contribution is 2.29. The molecule has 1 aliphatic rings. The summed E-state index contributed by atoms with van der Waals surface area (Å²) in [6, 6.07) is 7.48. The van der Waals surface area contributed by atoms with Crippen LogP contribution in [0, 0.1) is 24.5 Å². The van der Waals surface area contributed by atoms with Crippen molar-refractivity contribution in [2.75, 3.05) is 18.0 Å². The molecule has 4 heterocycles. The van der Waals surface area contributed by atoms with Crippen LogP contribution >= 0.6 is 11.6 Å². The molecule has 0 N–H and O–H groups in total. The first-order valence-electron chi connectivity index (χ1n) is 10.5. The first kappa shape index (κ1) is 20.8. The summed E-state index contributed by atoms with van der Waals surface area (Å²) in [6.45, 7) is 3.80. The van der Waals surface area contributed by atoms with E-state index in [2.05, 4.69) is 20.0 Å². The third-order valence-electron chi connectivity index (χ3n) is 5.87. The van der Waals surface area contributed by atoms with E-state index in [0.29, 0.717) is 33.5 Å². The molecule has 1 saturated heterocycles. The van der Waals surface area contributed by atoms with Crippen LogP contribution in [0.25, 0.3) is 16.8 Å². The van der Waals surface area contributed by atoms with Crippen LogP contribution in [0.15, 0.2) is 42.9 Å². The first-order chi connectivity index (χ1) is 15.5. The predicted molar refractivity (Wildman–Crippen MR) is 119 cm³/mol. The molecular weight excluding hydrogens is 434 g/mol. The van der Waals surface area contributed by atoms with Gasteiger partial charge in [0.25, 0.3) is 0 Å². The van der Waals surface area contributed by atoms with E-state index >= 15 is 0 Å². The molecule has 9 heteroatoms. The molecule has 1 aromatic carbocycles. The predicted octanol–water partition coefficient (Wildman–Crippen LogP) is 4.89. The number of pyridine rings is 1. The molecule has 6 nitrogen and oxygen atoms in total. The van der Waals surface area contributed by atoms with Crippen molar-refractivity contribution in [3.05, 3.63) is 71.0 Å². The Kier molecular flexibility index (Phi) is 5.46. The van der Waals surface area contributed by atoms with E-state index in [1.54, 1.807) is 23.1 Å². The number of rotatable bonds is 4. The Morgan fingerprint density at radius 3 is 2.62 bits per heavy atom. The van der Waals surface area contributed by atoms with Gasteiger partial charge in [-0.3, -0.25) is 0 Å². The van der Waals surface area contributed by atoms with Gasteiger partial charge in [-0.05, 0) is 49.4 Å². The van der Waals surface area contributed by atoms with Crippen molar-refractivity contribution >= 4 is 23.1 Å². The minimum Gasteiger partial charge on any atom is -0.356 e. The average Bonchev–Trinajstić information content (AvgIpc) is 3.17. The summed E-state index contributed by atoms with van der Waals surface area (Å²) in [6.07, 6.45) is 6.04. The summed E-state index contributed by atoms with van der Waals surface area (Å²) in [5.74, 6) is 0.331. The highest BCUT2D eigenvalue weighted by atomic mass is 35.5. The number of anilines is 1. The molecule has 0 unspecified atom stereocenters. The molecule has 0 saturated carbocycles. The van der Waals surface area contributed by atoms with Gasteiger partial charge in [0.1, 0.15) is 12.1 Å². The van der Waals surface area contributed by atoms with E-state index in [9.17, 15) is 8.78 Å². The van der Waals surface area contributed by atoms with Crippen LogP contribution in [-0.2, 0) is 6.42 Å². The summed E-state index contributed by atoms with van der Waals surface area (Å²) in [4.78, 5) is 15.5. The number of nitrogens with zero attached hydrogens (tertiary/aromatic N) is 6. The summed E-state index contributed by atoms with van der Waals surface area (Å²) >= 11 is 6.26. The topological polar surface area (TPSA) is 59.2 Å². The van der Waals surface area contributed by atoms with Gasteiger partial charge in [-0.15, -0.1) is 0 Å². The molecular formula is C23H21ClF2N6. The number of hydrogen-bond acceptors (Lipinski definition) is 5. The van der Waals surface area contributed by atoms with Gasteiger partial charge in [-0.25, -0.2) is 28.2 Å². The number of benzene rings is 1. The van der Waals surface area contributed by atoms with Crippen LogP contribution in [0.2, 0.25) is 5.02 Å². The van der Waals surface area contributed by atoms with Crippen molar-refractivity contribution in [1.29, 1.82) is 0 Å². The van der Waals surface area contributed by atoms with Crippen molar-refractivity contribution < 1.29 is 8.78 Å². The molecule has 0 bridgehead atoms. The fourth-order valence-corrected chi connectivity index (χ4v) is 4.40. The highest BCUT2D eigenvalue weighted by molar-refractivity contribution is 6.30. The lowest BCUT2D eigenvalue weighted by Crippen LogP contribution is -2.35. The number of halogens is 3. The molecule has 1 aliphatic heterocycles. The van der Waals surface area contributed by atoms with Gasteiger partial charge in [-0.2, -0.15) is 5.10 Å². The number of hydrogen-bond donors (Lipinski definition) is 0. The largest absolute Gasteiger partial charge is 0.356 e. The van der Waals surface area contributed by atoms with Gasteiger partial charge in [0.05, 0.1) is 5.02 Å². The maximum Gasteiger partial charge on any atom is 0.163 e. The lowest BCUT2D eigenvalue weighted by molar-refractivity contribution is 0.395. The zero-order chi connectivity index (χ0) is 22.2. The molecule has 5 rings (SSSR count). The van der Waals surface area contributed by atoms with Crippen LogP contribution in [0.3, 0.4) is 0 Å². The molecule has 4 aromatic rings. The second-order valence-corrected chi connectivity index (χ2v) is 8.59. The van der Waals surface area contributed by atoms with Gasteiger partial charge in [0.2, 0.25) is 0 Å². The molecule has 164 valence electrons. The molecule has 32 heavy (non-hydrogen) atoms. The maximum atomic E-state index is 13.8. The molecule has 0 atom stereocenters. The second-order valence-electron chi connectivity index (χ2n) is 8.15. The Bertz CT molecular complexity index is 1280. The monoisotopic (exact) mass is 454 g/mol. The van der Waals surface area contributed by atoms with Gasteiger partial charge in [-0.1, -0.05) is 17.7 Å². The summed E-state index contributed by atoms with van der Waals surface area (Å²) in [5.41, 5.74) is 2.65. The first-order valence-corrected chi connectivity index (χ1v) is 10.9. The average molecular weight is 455 g/mol. The normalized spacial score (nSPS) is 14.9. The smallest absolute Gasteiger partial charge is 0.163 e. The zero-order valence-electron chi connectivity index (χ0n) is 17.5. The summed E-state index contributed by atoms with van der Waals surface area (Å²) < 4.78 is 28.8. The van der Waals surface area contributed by atoms with Gasteiger partial charge in [0.15, 0.2) is 23.1 Å². The van der Waals surface area contributed by atoms with E-state index < -0.39 is 11.6 Å². The standard InChI is InChI=1S/C23H21ClF2N6/c1-14-8-22(28-13-27-14)31-6-4-15(5-7-31)9-21-29-23-18(11-17(24)12-32(23)30-21)16-2-3-19(25)20(26)10-16/h2-3,8,10-13,15H,4-7,9H2,1H3. The molecule has 0 spiro atoms. The minimum absolute atomic E-state index is 0.446. The third kappa shape index (κ3) is 4.14. The van der Waals surface area contributed by atoms with Crippen LogP contribution in [0.1, 0.15) is 24.4 Å². The fraction of sp³-hybridized carbons (Fsp3) is 0.304. The molecule has 0 amide bonds. The van der Waals surface area contributed by atoms with Crippen LogP contribution in [0.4, 0.5) is 14.6 Å². The van der Waals surface area contributed by atoms with E-state index in [4.69, 9.17) is 16.6 Å². The minimum atomic E-state index is -0.911. The van der Waals surface area contributed by atoms with Gasteiger partial charge >= 0.3 is 0 Å². The second kappa shape index (κ2) is 8.43. The number of aromatic nitrogens is 5. The maximum absolute atomic E-state index is 13.8. The summed E-state index contributed by atoms with van der Waals surface area (Å²) in [5, 5.41) is 5.05. The fourth-order valence-electron chi connectivity index (χ4n) is 4.20. The van der Waals surface area contributed by atoms with Crippen molar-refractivity contribution in [3.8, 4) is 11.1 Å². The SMILES string of the molecule is Cc1cc(N2CCC(Cc3nc4c(-c5ccc(F)c(F)c5)cc(Cl)cn4n3)CC2)ncn1. The van der Waals surface area contributed by atoms with Gasteiger partial charge < -0.3 is 4.90 Å². The number of piperidine rings is 1. The zero-order valence-corrected chi connectivity index (χ0v) is 18.2. The Morgan fingerprint density at radius 2 is 1.88 bits per heavy atom. The summed E-state index contributed by atoms with van der Waals surface area (Å²) in [7, 11) is 0. The molecule has 0 radical (unpaired) electrons. The number of fused-ring (bicyclic) bond motifs is 1. The van der Waals surface area contributed by atoms with Crippen molar-refractivity contribution in [3.63, 3.8) is 0 Å². The molecule has 3 aromatic heterocycles. The van der Waals surface area contributed by atoms with Crippen molar-refractivity contribution in [2.45, 2.75) is 26.2 Å². The Morgan fingerprint density at radius 1 is 1.06 bits per heavy atom. The molecule has 1 fully saturated rings. The van der Waals surface area contributed by atoms with E-state index in [1.165, 1.54) is 6.07 Å². The quantitative estimate of drug-likeness (QED) is 0.439. The van der Waals surface area contributed by atoms with Crippen molar-refractivity contribution in [2.24, 2.45) is 5.92 Å². The Balaban J connectivity index is 1.35. The van der Waals surface area contributed by atoms with E-state index in [0.717, 1.165) is 56.0 Å². The van der Waals surface area contributed by atoms with E-state index in [-0.39, 0.29) is 0 Å². The van der Waals surface area contributed by atoms with E-state index in [1.807, 2.05) is 13.0 Å². The van der Waals surface area contributed by atoms with Crippen molar-refractivity contribution in [1.82, 2.24) is 24.6 Å². The Hall–Kier alpha value is -3.13. The molecule has 0 aliphatic carbocycles. The number of aryl methyl sites for hydroxylation is 1. The third-order valence-corrected chi connectivity index (χ3v) is 6.08. The highest BCUT2D eigenvalue weighted by Gasteiger charge is 2.23. The van der Waals surface area contributed by atoms with Crippen LogP contribution in [-0.4, -0.2) is 37.7 Å². The van der Waals surface area contributed by atoms with Crippen LogP contribution in [0.5, 0.6) is 0 Å². The Labute approximate surface area is 188 Å². The van der Waals surface area contributed by atoms with Gasteiger partial charge in [0, 0.05) is 43.0 Å². The lowest BCUT2D eigenvalue weighted by Gasteiger charge is -2.32. The van der Waals surface area contributed by atoms with Crippen LogP contribution < -0.4 is 4.90 Å². The lowest BCUT2D eigenvalue weighted by atomic mass is 9.93.